The minimum atomic E-state index is 0.113. The Labute approximate surface area is 200 Å². The molecule has 10 nitrogen and oxygen atoms in total. The summed E-state index contributed by atoms with van der Waals surface area (Å²) in [5.41, 5.74) is 1.87. The summed E-state index contributed by atoms with van der Waals surface area (Å²) in [6.45, 7) is 2.49. The van der Waals surface area contributed by atoms with E-state index in [2.05, 4.69) is 30.2 Å². The lowest BCUT2D eigenvalue weighted by molar-refractivity contribution is -0.140. The number of hydrogen-bond acceptors (Lipinski definition) is 10. The summed E-state index contributed by atoms with van der Waals surface area (Å²) in [5.74, 6) is 0.539. The van der Waals surface area contributed by atoms with Gasteiger partial charge in [0.1, 0.15) is 6.10 Å². The van der Waals surface area contributed by atoms with Crippen LogP contribution in [0.25, 0.3) is 10.6 Å². The highest BCUT2D eigenvalue weighted by Crippen LogP contribution is 2.43. The molecule has 3 aromatic rings. The maximum absolute atomic E-state index is 11.9. The normalized spacial score (nSPS) is 19.9. The maximum atomic E-state index is 11.9. The summed E-state index contributed by atoms with van der Waals surface area (Å²) < 4.78 is 11.5. The Kier molecular flexibility index (Phi) is 5.58. The second kappa shape index (κ2) is 8.88. The lowest BCUT2D eigenvalue weighted by Crippen LogP contribution is -2.46. The van der Waals surface area contributed by atoms with E-state index in [-0.39, 0.29) is 12.0 Å². The molecule has 11 heteroatoms. The molecule has 1 spiro atoms. The predicted octanol–water partition coefficient (Wildman–Crippen LogP) is 3.60. The quantitative estimate of drug-likeness (QED) is 0.566. The summed E-state index contributed by atoms with van der Waals surface area (Å²) in [4.78, 5) is 36.5. The molecule has 0 aromatic carbocycles. The van der Waals surface area contributed by atoms with Crippen molar-refractivity contribution in [3.8, 4) is 16.6 Å². The fraction of sp³-hybridized carbons (Fsp3) is 0.478. The highest BCUT2D eigenvalue weighted by molar-refractivity contribution is 7.18. The molecule has 34 heavy (non-hydrogen) atoms. The van der Waals surface area contributed by atoms with Crippen molar-refractivity contribution in [2.45, 2.75) is 44.6 Å². The van der Waals surface area contributed by atoms with Gasteiger partial charge in [-0.25, -0.2) is 19.9 Å². The first-order valence-corrected chi connectivity index (χ1v) is 12.4. The van der Waals surface area contributed by atoms with Gasteiger partial charge < -0.3 is 19.7 Å². The van der Waals surface area contributed by atoms with Crippen LogP contribution in [-0.4, -0.2) is 56.7 Å². The first-order chi connectivity index (χ1) is 16.7. The molecule has 3 aromatic heterocycles. The zero-order valence-electron chi connectivity index (χ0n) is 18.6. The molecular weight excluding hydrogens is 454 g/mol. The molecule has 176 valence electrons. The van der Waals surface area contributed by atoms with Gasteiger partial charge in [-0.05, 0) is 38.2 Å². The van der Waals surface area contributed by atoms with Crippen LogP contribution in [0.2, 0.25) is 0 Å². The molecule has 6 rings (SSSR count). The van der Waals surface area contributed by atoms with Crippen LogP contribution in [-0.2, 0) is 9.53 Å². The van der Waals surface area contributed by atoms with E-state index in [0.717, 1.165) is 61.6 Å². The molecule has 0 atom stereocenters. The predicted molar refractivity (Wildman–Crippen MR) is 126 cm³/mol. The molecule has 3 aliphatic rings. The number of anilines is 3. The molecule has 0 radical (unpaired) electrons. The molecule has 2 aliphatic heterocycles. The summed E-state index contributed by atoms with van der Waals surface area (Å²) in [6, 6.07) is 2.26. The van der Waals surface area contributed by atoms with Crippen molar-refractivity contribution in [1.29, 1.82) is 0 Å². The van der Waals surface area contributed by atoms with Gasteiger partial charge >= 0.3 is 6.01 Å². The lowest BCUT2D eigenvalue weighted by atomic mass is 9.72. The van der Waals surface area contributed by atoms with Gasteiger partial charge in [0.15, 0.2) is 5.13 Å². The molecule has 1 N–H and O–H groups in total. The summed E-state index contributed by atoms with van der Waals surface area (Å²) in [5, 5.41) is 3.77. The standard InChI is InChI=1S/C23H25N7O3S/c31-19-2-1-9-30(19)15-10-25-20(26-11-15)29-22-27-12-18(34-22)17-5-8-24-21(28-17)33-16-3-6-23(7-4-16)13-32-14-23/h5,8,10-12,16H,1-4,6-7,9,13-14H2,(H,25,26,27,29). The third-order valence-corrected chi connectivity index (χ3v) is 7.65. The fourth-order valence-corrected chi connectivity index (χ4v) is 5.46. The van der Waals surface area contributed by atoms with Gasteiger partial charge in [-0.3, -0.25) is 4.79 Å². The number of ether oxygens (including phenoxy) is 2. The Bertz CT molecular complexity index is 1170. The van der Waals surface area contributed by atoms with Crippen LogP contribution in [0.4, 0.5) is 16.8 Å². The van der Waals surface area contributed by atoms with Crippen molar-refractivity contribution >= 4 is 34.0 Å². The summed E-state index contributed by atoms with van der Waals surface area (Å²) >= 11 is 1.45. The Hall–Kier alpha value is -3.18. The highest BCUT2D eigenvalue weighted by Gasteiger charge is 2.42. The van der Waals surface area contributed by atoms with Crippen molar-refractivity contribution in [3.05, 3.63) is 30.9 Å². The molecule has 3 fully saturated rings. The van der Waals surface area contributed by atoms with E-state index in [1.165, 1.54) is 11.3 Å². The smallest absolute Gasteiger partial charge is 0.317 e. The molecule has 0 unspecified atom stereocenters. The van der Waals surface area contributed by atoms with Gasteiger partial charge in [0.05, 0.1) is 41.9 Å². The van der Waals surface area contributed by atoms with Gasteiger partial charge in [0, 0.05) is 30.8 Å². The summed E-state index contributed by atoms with van der Waals surface area (Å²) in [6.07, 6.45) is 12.7. The van der Waals surface area contributed by atoms with Crippen LogP contribution >= 0.6 is 11.3 Å². The van der Waals surface area contributed by atoms with E-state index >= 15 is 0 Å². The van der Waals surface area contributed by atoms with Crippen molar-refractivity contribution in [3.63, 3.8) is 0 Å². The SMILES string of the molecule is O=C1CCCN1c1cnc(Nc2ncc(-c3ccnc(OC4CCC5(CC4)COC5)n3)s2)nc1. The molecular formula is C23H25N7O3S. The van der Waals surface area contributed by atoms with E-state index < -0.39 is 0 Å². The van der Waals surface area contributed by atoms with Crippen molar-refractivity contribution < 1.29 is 14.3 Å². The number of thiazole rings is 1. The van der Waals surface area contributed by atoms with Crippen LogP contribution in [0.5, 0.6) is 6.01 Å². The first-order valence-electron chi connectivity index (χ1n) is 11.6. The van der Waals surface area contributed by atoms with E-state index in [0.29, 0.717) is 35.5 Å². The molecule has 2 saturated heterocycles. The molecule has 1 amide bonds. The lowest BCUT2D eigenvalue weighted by Gasteiger charge is -2.45. The van der Waals surface area contributed by atoms with Crippen molar-refractivity contribution in [1.82, 2.24) is 24.9 Å². The number of nitrogens with zero attached hydrogens (tertiary/aromatic N) is 6. The fourth-order valence-electron chi connectivity index (χ4n) is 4.68. The molecule has 5 heterocycles. The van der Waals surface area contributed by atoms with Gasteiger partial charge in [0.25, 0.3) is 0 Å². The average molecular weight is 480 g/mol. The van der Waals surface area contributed by atoms with E-state index in [1.807, 2.05) is 6.07 Å². The van der Waals surface area contributed by atoms with Gasteiger partial charge in [-0.15, -0.1) is 0 Å². The third kappa shape index (κ3) is 4.32. The number of rotatable bonds is 6. The van der Waals surface area contributed by atoms with Gasteiger partial charge in [0.2, 0.25) is 11.9 Å². The number of carbonyl (C=O) groups excluding carboxylic acids is 1. The van der Waals surface area contributed by atoms with E-state index in [9.17, 15) is 4.79 Å². The molecule has 1 saturated carbocycles. The van der Waals surface area contributed by atoms with Crippen LogP contribution in [0, 0.1) is 5.41 Å². The Balaban J connectivity index is 1.08. The Morgan fingerprint density at radius 3 is 2.65 bits per heavy atom. The highest BCUT2D eigenvalue weighted by atomic mass is 32.1. The number of amides is 1. The minimum Gasteiger partial charge on any atom is -0.460 e. The maximum Gasteiger partial charge on any atom is 0.317 e. The molecule has 0 bridgehead atoms. The first kappa shape index (κ1) is 21.4. The zero-order valence-corrected chi connectivity index (χ0v) is 19.5. The van der Waals surface area contributed by atoms with E-state index in [1.54, 1.807) is 29.7 Å². The average Bonchev–Trinajstić information content (AvgIpc) is 3.48. The Morgan fingerprint density at radius 2 is 1.94 bits per heavy atom. The zero-order chi connectivity index (χ0) is 23.0. The second-order valence-corrected chi connectivity index (χ2v) is 10.1. The number of carbonyl (C=O) groups is 1. The Morgan fingerprint density at radius 1 is 1.12 bits per heavy atom. The van der Waals surface area contributed by atoms with Gasteiger partial charge in [-0.1, -0.05) is 11.3 Å². The summed E-state index contributed by atoms with van der Waals surface area (Å²) in [7, 11) is 0. The van der Waals surface area contributed by atoms with Crippen LogP contribution in [0.15, 0.2) is 30.9 Å². The van der Waals surface area contributed by atoms with Crippen molar-refractivity contribution in [2.24, 2.45) is 5.41 Å². The molecule has 1 aliphatic carbocycles. The number of nitrogens with one attached hydrogen (secondary N) is 1. The largest absolute Gasteiger partial charge is 0.460 e. The number of hydrogen-bond donors (Lipinski definition) is 1. The van der Waals surface area contributed by atoms with Crippen molar-refractivity contribution in [2.75, 3.05) is 30.0 Å². The van der Waals surface area contributed by atoms with Crippen LogP contribution < -0.4 is 15.0 Å². The van der Waals surface area contributed by atoms with Crippen LogP contribution in [0.3, 0.4) is 0 Å². The van der Waals surface area contributed by atoms with Crippen LogP contribution in [0.1, 0.15) is 38.5 Å². The second-order valence-electron chi connectivity index (χ2n) is 9.10. The minimum absolute atomic E-state index is 0.113. The topological polar surface area (TPSA) is 115 Å². The monoisotopic (exact) mass is 479 g/mol. The van der Waals surface area contributed by atoms with Gasteiger partial charge in [-0.2, -0.15) is 4.98 Å². The third-order valence-electron chi connectivity index (χ3n) is 6.72. The number of aromatic nitrogens is 5. The van der Waals surface area contributed by atoms with E-state index in [4.69, 9.17) is 9.47 Å².